The van der Waals surface area contributed by atoms with Gasteiger partial charge in [0, 0.05) is 24.0 Å². The zero-order valence-electron chi connectivity index (χ0n) is 25.6. The van der Waals surface area contributed by atoms with Crippen LogP contribution in [0.1, 0.15) is 42.4 Å². The Morgan fingerprint density at radius 2 is 1.52 bits per heavy atom. The summed E-state index contributed by atoms with van der Waals surface area (Å²) in [4.78, 5) is 29.9. The summed E-state index contributed by atoms with van der Waals surface area (Å²) in [5, 5.41) is 3.53. The second-order valence-corrected chi connectivity index (χ2v) is 13.9. The van der Waals surface area contributed by atoms with Gasteiger partial charge >= 0.3 is 0 Å². The largest absolute Gasteiger partial charge is 0.352 e. The van der Waals surface area contributed by atoms with Gasteiger partial charge in [0.15, 0.2) is 0 Å². The van der Waals surface area contributed by atoms with Crippen LogP contribution < -0.4 is 9.62 Å². The molecule has 1 aliphatic rings. The number of benzene rings is 4. The molecule has 0 radical (unpaired) electrons. The summed E-state index contributed by atoms with van der Waals surface area (Å²) in [5.74, 6) is -1.82. The van der Waals surface area contributed by atoms with Gasteiger partial charge in [0.1, 0.15) is 18.4 Å². The highest BCUT2D eigenvalue weighted by Gasteiger charge is 2.36. The number of hydrogen-bond acceptors (Lipinski definition) is 4. The standard InChI is InChI=1S/C36H37ClFN3O4S/c1-26-19-21-30(22-20-26)46(44,45)41(33-18-10-9-17-32(33)38)25-35(42)40(24-28-13-5-8-16-31(28)37)34(23-27-11-3-2-4-12-27)36(43)39-29-14-6-7-15-29/h2-5,8-13,16-22,29,34H,6-7,14-15,23-25H2,1H3,(H,39,43)/t34-/m1/s1. The number of amides is 2. The summed E-state index contributed by atoms with van der Waals surface area (Å²) in [5.41, 5.74) is 1.98. The van der Waals surface area contributed by atoms with Crippen LogP contribution in [0, 0.1) is 12.7 Å². The molecule has 1 saturated carbocycles. The highest BCUT2D eigenvalue weighted by atomic mass is 35.5. The van der Waals surface area contributed by atoms with E-state index in [1.165, 1.54) is 35.2 Å². The Kier molecular flexibility index (Phi) is 10.8. The Hall–Kier alpha value is -4.21. The highest BCUT2D eigenvalue weighted by molar-refractivity contribution is 7.92. The maximum atomic E-state index is 15.3. The Morgan fingerprint density at radius 1 is 0.891 bits per heavy atom. The van der Waals surface area contributed by atoms with E-state index in [0.717, 1.165) is 47.2 Å². The van der Waals surface area contributed by atoms with Crippen LogP contribution in [0.15, 0.2) is 108 Å². The summed E-state index contributed by atoms with van der Waals surface area (Å²) in [7, 11) is -4.41. The van der Waals surface area contributed by atoms with Crippen molar-refractivity contribution in [2.24, 2.45) is 0 Å². The molecule has 0 bridgehead atoms. The molecule has 4 aromatic rings. The molecule has 10 heteroatoms. The summed E-state index contributed by atoms with van der Waals surface area (Å²) in [6.45, 7) is 1.01. The average Bonchev–Trinajstić information content (AvgIpc) is 3.56. The van der Waals surface area contributed by atoms with E-state index in [4.69, 9.17) is 11.6 Å². The summed E-state index contributed by atoms with van der Waals surface area (Å²) < 4.78 is 44.2. The van der Waals surface area contributed by atoms with Crippen molar-refractivity contribution in [2.45, 2.75) is 62.6 Å². The number of carbonyl (C=O) groups excluding carboxylic acids is 2. The molecular formula is C36H37ClFN3O4S. The van der Waals surface area contributed by atoms with E-state index in [1.807, 2.05) is 37.3 Å². The number of sulfonamides is 1. The van der Waals surface area contributed by atoms with Crippen molar-refractivity contribution in [3.63, 3.8) is 0 Å². The fourth-order valence-electron chi connectivity index (χ4n) is 5.74. The minimum Gasteiger partial charge on any atom is -0.352 e. The van der Waals surface area contributed by atoms with Gasteiger partial charge in [-0.25, -0.2) is 12.8 Å². The summed E-state index contributed by atoms with van der Waals surface area (Å²) >= 11 is 6.55. The Labute approximate surface area is 275 Å². The predicted molar refractivity (Wildman–Crippen MR) is 178 cm³/mol. The third kappa shape index (κ3) is 7.95. The molecule has 0 heterocycles. The molecule has 1 atom stereocenters. The van der Waals surface area contributed by atoms with Crippen molar-refractivity contribution >= 4 is 39.1 Å². The fraction of sp³-hybridized carbons (Fsp3) is 0.278. The monoisotopic (exact) mass is 661 g/mol. The van der Waals surface area contributed by atoms with Gasteiger partial charge < -0.3 is 10.2 Å². The first-order valence-corrected chi connectivity index (χ1v) is 17.2. The van der Waals surface area contributed by atoms with Crippen LogP contribution in [0.4, 0.5) is 10.1 Å². The quantitative estimate of drug-likeness (QED) is 0.184. The summed E-state index contributed by atoms with van der Waals surface area (Å²) in [6.07, 6.45) is 3.88. The van der Waals surface area contributed by atoms with Crippen LogP contribution in [0.25, 0.3) is 0 Å². The van der Waals surface area contributed by atoms with E-state index < -0.39 is 34.3 Å². The van der Waals surface area contributed by atoms with Gasteiger partial charge in [0.2, 0.25) is 11.8 Å². The number of nitrogens with one attached hydrogen (secondary N) is 1. The number of hydrogen-bond donors (Lipinski definition) is 1. The van der Waals surface area contributed by atoms with Crippen LogP contribution in [-0.2, 0) is 32.6 Å². The molecule has 0 saturated heterocycles. The van der Waals surface area contributed by atoms with Gasteiger partial charge in [-0.05, 0) is 61.2 Å². The van der Waals surface area contributed by atoms with Crippen molar-refractivity contribution in [3.8, 4) is 0 Å². The lowest BCUT2D eigenvalue weighted by Crippen LogP contribution is -2.54. The van der Waals surface area contributed by atoms with Gasteiger partial charge in [0.25, 0.3) is 10.0 Å². The Balaban J connectivity index is 1.58. The molecule has 0 unspecified atom stereocenters. The normalized spacial score (nSPS) is 14.1. The van der Waals surface area contributed by atoms with Gasteiger partial charge in [-0.1, -0.05) is 103 Å². The zero-order valence-corrected chi connectivity index (χ0v) is 27.2. The lowest BCUT2D eigenvalue weighted by molar-refractivity contribution is -0.140. The van der Waals surface area contributed by atoms with Gasteiger partial charge in [-0.2, -0.15) is 0 Å². The molecule has 240 valence electrons. The molecule has 1 aliphatic carbocycles. The van der Waals surface area contributed by atoms with Crippen molar-refractivity contribution in [2.75, 3.05) is 10.8 Å². The fourth-order valence-corrected chi connectivity index (χ4v) is 7.35. The Morgan fingerprint density at radius 3 is 2.20 bits per heavy atom. The van der Waals surface area contributed by atoms with Crippen LogP contribution >= 0.6 is 11.6 Å². The van der Waals surface area contributed by atoms with Crippen molar-refractivity contribution in [3.05, 3.63) is 131 Å². The van der Waals surface area contributed by atoms with E-state index in [1.54, 1.807) is 36.4 Å². The molecule has 2 amide bonds. The van der Waals surface area contributed by atoms with Gasteiger partial charge in [-0.3, -0.25) is 13.9 Å². The van der Waals surface area contributed by atoms with E-state index in [0.29, 0.717) is 10.6 Å². The van der Waals surface area contributed by atoms with Crippen molar-refractivity contribution in [1.82, 2.24) is 10.2 Å². The number of rotatable bonds is 12. The zero-order chi connectivity index (χ0) is 32.7. The minimum atomic E-state index is -4.41. The van der Waals surface area contributed by atoms with E-state index in [-0.39, 0.29) is 35.5 Å². The molecule has 4 aromatic carbocycles. The first-order chi connectivity index (χ1) is 22.1. The molecule has 1 fully saturated rings. The first kappa shape index (κ1) is 33.2. The van der Waals surface area contributed by atoms with Crippen molar-refractivity contribution < 1.29 is 22.4 Å². The van der Waals surface area contributed by atoms with Crippen LogP contribution in [-0.4, -0.2) is 43.8 Å². The van der Waals surface area contributed by atoms with Crippen LogP contribution in [0.3, 0.4) is 0 Å². The number of anilines is 1. The van der Waals surface area contributed by atoms with E-state index in [9.17, 15) is 18.0 Å². The second-order valence-electron chi connectivity index (χ2n) is 11.6. The molecule has 0 spiro atoms. The maximum Gasteiger partial charge on any atom is 0.264 e. The third-order valence-electron chi connectivity index (χ3n) is 8.28. The third-order valence-corrected chi connectivity index (χ3v) is 10.4. The molecule has 0 aromatic heterocycles. The minimum absolute atomic E-state index is 0.0140. The molecular weight excluding hydrogens is 625 g/mol. The molecule has 5 rings (SSSR count). The van der Waals surface area contributed by atoms with Crippen LogP contribution in [0.5, 0.6) is 0 Å². The number of nitrogens with zero attached hydrogens (tertiary/aromatic N) is 2. The number of aryl methyl sites for hydroxylation is 1. The molecule has 0 aliphatic heterocycles. The molecule has 46 heavy (non-hydrogen) atoms. The second kappa shape index (κ2) is 14.9. The van der Waals surface area contributed by atoms with E-state index >= 15 is 4.39 Å². The Bertz CT molecular complexity index is 1760. The average molecular weight is 662 g/mol. The SMILES string of the molecule is Cc1ccc(S(=O)(=O)N(CC(=O)N(Cc2ccccc2Cl)[C@H](Cc2ccccc2)C(=O)NC2CCCC2)c2ccccc2F)cc1. The first-order valence-electron chi connectivity index (χ1n) is 15.3. The summed E-state index contributed by atoms with van der Waals surface area (Å²) in [6, 6.07) is 26.9. The molecule has 1 N–H and O–H groups in total. The smallest absolute Gasteiger partial charge is 0.264 e. The number of para-hydroxylation sites is 1. The molecule has 7 nitrogen and oxygen atoms in total. The predicted octanol–water partition coefficient (Wildman–Crippen LogP) is 6.68. The van der Waals surface area contributed by atoms with Gasteiger partial charge in [0.05, 0.1) is 10.6 Å². The number of carbonyl (C=O) groups is 2. The lowest BCUT2D eigenvalue weighted by atomic mass is 10.0. The van der Waals surface area contributed by atoms with Gasteiger partial charge in [-0.15, -0.1) is 0 Å². The lowest BCUT2D eigenvalue weighted by Gasteiger charge is -2.34. The van der Waals surface area contributed by atoms with Crippen LogP contribution in [0.2, 0.25) is 5.02 Å². The highest BCUT2D eigenvalue weighted by Crippen LogP contribution is 2.28. The number of halogens is 2. The maximum absolute atomic E-state index is 15.3. The topological polar surface area (TPSA) is 86.8 Å². The van der Waals surface area contributed by atoms with Crippen molar-refractivity contribution in [1.29, 1.82) is 0 Å². The van der Waals surface area contributed by atoms with E-state index in [2.05, 4.69) is 5.32 Å².